The van der Waals surface area contributed by atoms with E-state index in [0.717, 1.165) is 22.5 Å². The highest BCUT2D eigenvalue weighted by molar-refractivity contribution is 7.26. The molecule has 36 heavy (non-hydrogen) atoms. The lowest BCUT2D eigenvalue weighted by Crippen LogP contribution is -2.24. The first kappa shape index (κ1) is 19.8. The van der Waals surface area contributed by atoms with Crippen molar-refractivity contribution in [3.8, 4) is 0 Å². The van der Waals surface area contributed by atoms with Gasteiger partial charge in [-0.05, 0) is 18.2 Å². The summed E-state index contributed by atoms with van der Waals surface area (Å²) in [4.78, 5) is 5.37. The largest absolute Gasteiger partial charge is 0.346 e. The SMILES string of the molecule is c1ccc(C2=NC(n3c4ccccc4c4ccc5c6ccccc6sc5c43)Nc3ccccc32)cc1. The van der Waals surface area contributed by atoms with Gasteiger partial charge >= 0.3 is 0 Å². The summed E-state index contributed by atoms with van der Waals surface area (Å²) >= 11 is 1.87. The molecule has 7 aromatic rings. The van der Waals surface area contributed by atoms with Gasteiger partial charge in [0.05, 0.1) is 21.4 Å². The van der Waals surface area contributed by atoms with E-state index in [1.807, 2.05) is 11.3 Å². The molecular weight excluding hydrogens is 458 g/mol. The summed E-state index contributed by atoms with van der Waals surface area (Å²) in [7, 11) is 0. The van der Waals surface area contributed by atoms with Gasteiger partial charge in [-0.1, -0.05) is 97.1 Å². The Morgan fingerprint density at radius 2 is 1.36 bits per heavy atom. The molecule has 0 aliphatic carbocycles. The van der Waals surface area contributed by atoms with Gasteiger partial charge in [0.15, 0.2) is 0 Å². The molecule has 5 aromatic carbocycles. The van der Waals surface area contributed by atoms with Crippen molar-refractivity contribution in [3.05, 3.63) is 126 Å². The maximum Gasteiger partial charge on any atom is 0.201 e. The van der Waals surface area contributed by atoms with Crippen LogP contribution in [0.2, 0.25) is 0 Å². The molecule has 0 saturated heterocycles. The number of benzene rings is 5. The predicted molar refractivity (Wildman–Crippen MR) is 154 cm³/mol. The topological polar surface area (TPSA) is 29.3 Å². The molecule has 2 aromatic heterocycles. The molecule has 8 rings (SSSR count). The Morgan fingerprint density at radius 1 is 0.639 bits per heavy atom. The summed E-state index contributed by atoms with van der Waals surface area (Å²) in [6.07, 6.45) is -0.270. The predicted octanol–water partition coefficient (Wildman–Crippen LogP) is 8.58. The maximum absolute atomic E-state index is 5.37. The van der Waals surface area contributed by atoms with Crippen LogP contribution in [-0.4, -0.2) is 10.3 Å². The standard InChI is InChI=1S/C32H21N3S/c1-2-10-20(11-3-1)29-25-14-4-7-15-26(25)33-32(34-29)35-27-16-8-5-12-21(27)23-18-19-24-22-13-6-9-17-28(22)36-31(24)30(23)35/h1-19,32-33H. The third-order valence-electron chi connectivity index (χ3n) is 7.23. The second-order valence-corrected chi connectivity index (χ2v) is 10.3. The number of hydrogen-bond donors (Lipinski definition) is 1. The molecule has 1 N–H and O–H groups in total. The van der Waals surface area contributed by atoms with Crippen LogP contribution in [-0.2, 0) is 0 Å². The van der Waals surface area contributed by atoms with Gasteiger partial charge < -0.3 is 5.32 Å². The number of aliphatic imine (C=N–C) groups is 1. The van der Waals surface area contributed by atoms with E-state index >= 15 is 0 Å². The molecule has 3 nitrogen and oxygen atoms in total. The van der Waals surface area contributed by atoms with E-state index in [1.165, 1.54) is 42.0 Å². The Morgan fingerprint density at radius 3 is 2.28 bits per heavy atom. The summed E-state index contributed by atoms with van der Waals surface area (Å²) < 4.78 is 5.02. The quantitative estimate of drug-likeness (QED) is 0.264. The molecule has 3 heterocycles. The van der Waals surface area contributed by atoms with E-state index in [9.17, 15) is 0 Å². The van der Waals surface area contributed by atoms with Crippen LogP contribution in [0.15, 0.2) is 120 Å². The van der Waals surface area contributed by atoms with E-state index in [4.69, 9.17) is 4.99 Å². The highest BCUT2D eigenvalue weighted by Crippen LogP contribution is 2.44. The van der Waals surface area contributed by atoms with Gasteiger partial charge in [-0.15, -0.1) is 11.3 Å². The maximum atomic E-state index is 5.37. The third-order valence-corrected chi connectivity index (χ3v) is 8.42. The molecule has 1 aliphatic rings. The van der Waals surface area contributed by atoms with Gasteiger partial charge in [-0.25, -0.2) is 4.99 Å². The van der Waals surface area contributed by atoms with E-state index in [-0.39, 0.29) is 6.29 Å². The van der Waals surface area contributed by atoms with Gasteiger partial charge in [-0.3, -0.25) is 4.57 Å². The summed E-state index contributed by atoms with van der Waals surface area (Å²) in [6.45, 7) is 0. The molecule has 0 spiro atoms. The van der Waals surface area contributed by atoms with E-state index in [2.05, 4.69) is 125 Å². The first-order valence-corrected chi connectivity index (χ1v) is 13.0. The van der Waals surface area contributed by atoms with Crippen molar-refractivity contribution in [1.82, 2.24) is 4.57 Å². The molecule has 0 amide bonds. The van der Waals surface area contributed by atoms with Crippen LogP contribution in [0.3, 0.4) is 0 Å². The molecule has 0 radical (unpaired) electrons. The smallest absolute Gasteiger partial charge is 0.201 e. The van der Waals surface area contributed by atoms with Gasteiger partial charge in [-0.2, -0.15) is 0 Å². The van der Waals surface area contributed by atoms with Crippen LogP contribution in [0.4, 0.5) is 5.69 Å². The number of anilines is 1. The minimum atomic E-state index is -0.270. The molecule has 170 valence electrons. The molecule has 0 bridgehead atoms. The number of nitrogens with zero attached hydrogens (tertiary/aromatic N) is 2. The molecule has 4 heteroatoms. The number of nitrogens with one attached hydrogen (secondary N) is 1. The Labute approximate surface area is 212 Å². The molecule has 1 atom stereocenters. The summed E-state index contributed by atoms with van der Waals surface area (Å²) in [5, 5.41) is 8.89. The fraction of sp³-hybridized carbons (Fsp3) is 0.0312. The van der Waals surface area contributed by atoms with Gasteiger partial charge in [0, 0.05) is 43.1 Å². The molecule has 1 unspecified atom stereocenters. The fourth-order valence-electron chi connectivity index (χ4n) is 5.64. The van der Waals surface area contributed by atoms with Crippen LogP contribution in [0.25, 0.3) is 42.0 Å². The normalized spacial score (nSPS) is 15.3. The van der Waals surface area contributed by atoms with Crippen molar-refractivity contribution in [3.63, 3.8) is 0 Å². The van der Waals surface area contributed by atoms with Gasteiger partial charge in [0.25, 0.3) is 0 Å². The summed E-state index contributed by atoms with van der Waals surface area (Å²) in [6, 6.07) is 41.0. The third kappa shape index (κ3) is 2.76. The van der Waals surface area contributed by atoms with Crippen LogP contribution in [0.5, 0.6) is 0 Å². The number of para-hydroxylation sites is 2. The number of thiophene rings is 1. The van der Waals surface area contributed by atoms with Crippen molar-refractivity contribution in [2.45, 2.75) is 6.29 Å². The second-order valence-electron chi connectivity index (χ2n) is 9.23. The molecule has 0 saturated carbocycles. The minimum Gasteiger partial charge on any atom is -0.346 e. The van der Waals surface area contributed by atoms with Crippen LogP contribution in [0.1, 0.15) is 17.4 Å². The molecule has 1 aliphatic heterocycles. The highest BCUT2D eigenvalue weighted by atomic mass is 32.1. The van der Waals surface area contributed by atoms with E-state index < -0.39 is 0 Å². The Kier molecular flexibility index (Phi) is 4.16. The monoisotopic (exact) mass is 479 g/mol. The zero-order valence-corrected chi connectivity index (χ0v) is 20.2. The Balaban J connectivity index is 1.49. The summed E-state index contributed by atoms with van der Waals surface area (Å²) in [5.74, 6) is 0. The zero-order chi connectivity index (χ0) is 23.6. The first-order chi connectivity index (χ1) is 17.9. The molecule has 0 fully saturated rings. The lowest BCUT2D eigenvalue weighted by Gasteiger charge is -2.28. The average Bonchev–Trinajstić information content (AvgIpc) is 3.49. The average molecular weight is 480 g/mol. The Bertz CT molecular complexity index is 1980. The summed E-state index contributed by atoms with van der Waals surface area (Å²) in [5.41, 5.74) is 6.81. The lowest BCUT2D eigenvalue weighted by atomic mass is 9.99. The highest BCUT2D eigenvalue weighted by Gasteiger charge is 2.26. The fourth-order valence-corrected chi connectivity index (χ4v) is 6.89. The lowest BCUT2D eigenvalue weighted by molar-refractivity contribution is 0.626. The minimum absolute atomic E-state index is 0.270. The van der Waals surface area contributed by atoms with E-state index in [1.54, 1.807) is 0 Å². The van der Waals surface area contributed by atoms with Crippen molar-refractivity contribution < 1.29 is 0 Å². The number of fused-ring (bicyclic) bond motifs is 8. The number of aromatic nitrogens is 1. The van der Waals surface area contributed by atoms with Crippen LogP contribution in [0, 0.1) is 0 Å². The first-order valence-electron chi connectivity index (χ1n) is 12.2. The number of rotatable bonds is 2. The van der Waals surface area contributed by atoms with Crippen molar-refractivity contribution >= 4 is 64.7 Å². The van der Waals surface area contributed by atoms with Crippen molar-refractivity contribution in [2.75, 3.05) is 5.32 Å². The van der Waals surface area contributed by atoms with Gasteiger partial charge in [0.1, 0.15) is 0 Å². The van der Waals surface area contributed by atoms with Gasteiger partial charge in [0.2, 0.25) is 6.29 Å². The molecular formula is C32H21N3S. The number of hydrogen-bond acceptors (Lipinski definition) is 3. The Hall–Kier alpha value is -4.41. The van der Waals surface area contributed by atoms with Crippen LogP contribution < -0.4 is 5.32 Å². The van der Waals surface area contributed by atoms with Crippen molar-refractivity contribution in [1.29, 1.82) is 0 Å². The zero-order valence-electron chi connectivity index (χ0n) is 19.3. The van der Waals surface area contributed by atoms with Crippen molar-refractivity contribution in [2.24, 2.45) is 4.99 Å². The second kappa shape index (κ2) is 7.54. The van der Waals surface area contributed by atoms with Crippen LogP contribution >= 0.6 is 11.3 Å². The van der Waals surface area contributed by atoms with E-state index in [0.29, 0.717) is 0 Å².